The molecule has 0 aromatic heterocycles. The summed E-state index contributed by atoms with van der Waals surface area (Å²) in [5.74, 6) is 0.000593. The van der Waals surface area contributed by atoms with Crippen molar-refractivity contribution in [3.63, 3.8) is 0 Å². The van der Waals surface area contributed by atoms with Crippen molar-refractivity contribution in [1.82, 2.24) is 4.31 Å². The first-order chi connectivity index (χ1) is 12.0. The Morgan fingerprint density at radius 1 is 1.28 bits per heavy atom. The molecule has 1 aromatic rings. The smallest absolute Gasteiger partial charge is 0.309 e. The van der Waals surface area contributed by atoms with Crippen molar-refractivity contribution in [2.75, 3.05) is 26.8 Å². The first-order valence-corrected chi connectivity index (χ1v) is 9.61. The van der Waals surface area contributed by atoms with Gasteiger partial charge in [-0.3, -0.25) is 4.79 Å². The van der Waals surface area contributed by atoms with Crippen molar-refractivity contribution in [3.05, 3.63) is 24.3 Å². The number of hydrogen-bond donors (Lipinski definition) is 0. The van der Waals surface area contributed by atoms with Gasteiger partial charge >= 0.3 is 5.97 Å². The fourth-order valence-corrected chi connectivity index (χ4v) is 4.14. The molecule has 8 heteroatoms. The summed E-state index contributed by atoms with van der Waals surface area (Å²) in [7, 11) is -2.05. The van der Waals surface area contributed by atoms with Crippen LogP contribution in [0.4, 0.5) is 0 Å². The molecule has 25 heavy (non-hydrogen) atoms. The number of unbranched alkanes of at least 4 members (excludes halogenated alkanes) is 1. The maximum absolute atomic E-state index is 12.6. The van der Waals surface area contributed by atoms with E-state index in [4.69, 9.17) is 14.7 Å². The first kappa shape index (κ1) is 19.2. The van der Waals surface area contributed by atoms with Gasteiger partial charge < -0.3 is 9.47 Å². The second-order valence-corrected chi connectivity index (χ2v) is 7.72. The number of carbonyl (C=O) groups excluding carboxylic acids is 1. The van der Waals surface area contributed by atoms with E-state index in [0.29, 0.717) is 31.4 Å². The fourth-order valence-electron chi connectivity index (χ4n) is 2.67. The van der Waals surface area contributed by atoms with Crippen molar-refractivity contribution in [3.8, 4) is 11.8 Å². The van der Waals surface area contributed by atoms with Crippen LogP contribution in [0.25, 0.3) is 0 Å². The Kier molecular flexibility index (Phi) is 6.79. The number of nitriles is 1. The molecule has 1 saturated heterocycles. The van der Waals surface area contributed by atoms with Crippen LogP contribution in [0.1, 0.15) is 25.7 Å². The van der Waals surface area contributed by atoms with Gasteiger partial charge in [0.25, 0.3) is 0 Å². The van der Waals surface area contributed by atoms with E-state index >= 15 is 0 Å². The molecule has 0 atom stereocenters. The third-order valence-electron chi connectivity index (χ3n) is 4.16. The number of benzene rings is 1. The third kappa shape index (κ3) is 4.94. The van der Waals surface area contributed by atoms with Gasteiger partial charge in [-0.15, -0.1) is 0 Å². The number of piperidine rings is 1. The number of rotatable bonds is 7. The summed E-state index contributed by atoms with van der Waals surface area (Å²) in [6.45, 7) is 0.801. The van der Waals surface area contributed by atoms with E-state index < -0.39 is 10.0 Å². The number of carbonyl (C=O) groups is 1. The minimum atomic E-state index is -3.57. The van der Waals surface area contributed by atoms with Gasteiger partial charge in [0.15, 0.2) is 0 Å². The van der Waals surface area contributed by atoms with Gasteiger partial charge in [-0.25, -0.2) is 8.42 Å². The molecule has 1 aliphatic heterocycles. The molecule has 7 nitrogen and oxygen atoms in total. The standard InChI is InChI=1S/C17H22N2O5S/c1-23-15-4-6-16(7-5-15)25(21,22)19-11-8-14(9-12-19)17(20)24-13-3-2-10-18/h4-7,14H,2-3,8-9,11-13H2,1H3. The molecule has 0 bridgehead atoms. The van der Waals surface area contributed by atoms with Crippen molar-refractivity contribution >= 4 is 16.0 Å². The molecule has 2 rings (SSSR count). The quantitative estimate of drug-likeness (QED) is 0.540. The van der Waals surface area contributed by atoms with Crippen molar-refractivity contribution in [2.24, 2.45) is 5.92 Å². The zero-order valence-corrected chi connectivity index (χ0v) is 15.0. The highest BCUT2D eigenvalue weighted by Crippen LogP contribution is 2.25. The Morgan fingerprint density at radius 2 is 1.92 bits per heavy atom. The molecule has 1 aromatic carbocycles. The maximum atomic E-state index is 12.6. The van der Waals surface area contributed by atoms with Gasteiger partial charge in [-0.1, -0.05) is 0 Å². The number of nitrogens with zero attached hydrogens (tertiary/aromatic N) is 2. The number of sulfonamides is 1. The lowest BCUT2D eigenvalue weighted by atomic mass is 9.98. The van der Waals surface area contributed by atoms with Gasteiger partial charge in [0.2, 0.25) is 10.0 Å². The van der Waals surface area contributed by atoms with Crippen LogP contribution in [0.3, 0.4) is 0 Å². The lowest BCUT2D eigenvalue weighted by molar-refractivity contribution is -0.149. The monoisotopic (exact) mass is 366 g/mol. The van der Waals surface area contributed by atoms with Crippen LogP contribution in [0, 0.1) is 17.2 Å². The van der Waals surface area contributed by atoms with E-state index in [2.05, 4.69) is 0 Å². The molecular weight excluding hydrogens is 344 g/mol. The van der Waals surface area contributed by atoms with Gasteiger partial charge in [-0.2, -0.15) is 9.57 Å². The molecule has 0 amide bonds. The minimum absolute atomic E-state index is 0.214. The zero-order valence-electron chi connectivity index (χ0n) is 14.2. The summed E-state index contributed by atoms with van der Waals surface area (Å²) in [6, 6.07) is 8.25. The molecule has 0 aliphatic carbocycles. The first-order valence-electron chi connectivity index (χ1n) is 8.17. The number of methoxy groups -OCH3 is 1. The second-order valence-electron chi connectivity index (χ2n) is 5.78. The van der Waals surface area contributed by atoms with Crippen LogP contribution in [0.2, 0.25) is 0 Å². The summed E-state index contributed by atoms with van der Waals surface area (Å²) >= 11 is 0. The molecule has 1 heterocycles. The van der Waals surface area contributed by atoms with Gasteiger partial charge in [0, 0.05) is 19.5 Å². The summed E-state index contributed by atoms with van der Waals surface area (Å²) < 4.78 is 36.9. The highest BCUT2D eigenvalue weighted by atomic mass is 32.2. The average molecular weight is 366 g/mol. The topological polar surface area (TPSA) is 96.7 Å². The van der Waals surface area contributed by atoms with E-state index in [1.165, 1.54) is 23.5 Å². The van der Waals surface area contributed by atoms with Crippen LogP contribution < -0.4 is 4.74 Å². The summed E-state index contributed by atoms with van der Waals surface area (Å²) in [4.78, 5) is 12.2. The summed E-state index contributed by atoms with van der Waals surface area (Å²) in [5.41, 5.74) is 0. The van der Waals surface area contributed by atoms with Crippen molar-refractivity contribution in [2.45, 2.75) is 30.6 Å². The Labute approximate surface area is 148 Å². The largest absolute Gasteiger partial charge is 0.497 e. The van der Waals surface area contributed by atoms with Crippen LogP contribution in [-0.4, -0.2) is 45.5 Å². The molecule has 0 saturated carbocycles. The van der Waals surface area contributed by atoms with Crippen LogP contribution in [0.5, 0.6) is 5.75 Å². The Balaban J connectivity index is 1.90. The van der Waals surface area contributed by atoms with E-state index in [9.17, 15) is 13.2 Å². The van der Waals surface area contributed by atoms with Gasteiger partial charge in [0.05, 0.1) is 30.6 Å². The van der Waals surface area contributed by atoms with E-state index in [-0.39, 0.29) is 36.5 Å². The second kappa shape index (κ2) is 8.83. The molecule has 136 valence electrons. The number of hydrogen-bond acceptors (Lipinski definition) is 6. The number of ether oxygens (including phenoxy) is 2. The van der Waals surface area contributed by atoms with Crippen LogP contribution >= 0.6 is 0 Å². The minimum Gasteiger partial charge on any atom is -0.497 e. The van der Waals surface area contributed by atoms with E-state index in [1.54, 1.807) is 12.1 Å². The lowest BCUT2D eigenvalue weighted by Gasteiger charge is -2.30. The zero-order chi connectivity index (χ0) is 18.3. The molecule has 0 spiro atoms. The molecule has 0 radical (unpaired) electrons. The molecule has 0 unspecified atom stereocenters. The fraction of sp³-hybridized carbons (Fsp3) is 0.529. The molecule has 0 N–H and O–H groups in total. The summed E-state index contributed by atoms with van der Waals surface area (Å²) in [6.07, 6.45) is 1.75. The molecule has 1 fully saturated rings. The predicted octanol–water partition coefficient (Wildman–Crippen LogP) is 1.94. The van der Waals surface area contributed by atoms with Crippen LogP contribution in [0.15, 0.2) is 29.2 Å². The highest BCUT2D eigenvalue weighted by Gasteiger charge is 2.32. The van der Waals surface area contributed by atoms with Gasteiger partial charge in [0.1, 0.15) is 5.75 Å². The van der Waals surface area contributed by atoms with Crippen molar-refractivity contribution < 1.29 is 22.7 Å². The van der Waals surface area contributed by atoms with Crippen molar-refractivity contribution in [1.29, 1.82) is 5.26 Å². The molecule has 1 aliphatic rings. The van der Waals surface area contributed by atoms with E-state index in [1.807, 2.05) is 6.07 Å². The highest BCUT2D eigenvalue weighted by molar-refractivity contribution is 7.89. The average Bonchev–Trinajstić information content (AvgIpc) is 2.65. The van der Waals surface area contributed by atoms with Crippen LogP contribution in [-0.2, 0) is 19.6 Å². The predicted molar refractivity (Wildman–Crippen MR) is 90.3 cm³/mol. The third-order valence-corrected chi connectivity index (χ3v) is 6.07. The number of esters is 1. The normalized spacial score (nSPS) is 16.2. The lowest BCUT2D eigenvalue weighted by Crippen LogP contribution is -2.40. The molecular formula is C17H22N2O5S. The van der Waals surface area contributed by atoms with E-state index in [0.717, 1.165) is 0 Å². The van der Waals surface area contributed by atoms with Gasteiger partial charge in [-0.05, 0) is 43.5 Å². The summed E-state index contributed by atoms with van der Waals surface area (Å²) in [5, 5.41) is 8.45. The Bertz CT molecular complexity index is 716. The Morgan fingerprint density at radius 3 is 2.48 bits per heavy atom. The SMILES string of the molecule is COc1ccc(S(=O)(=O)N2CCC(C(=O)OCCCC#N)CC2)cc1. The Hall–Kier alpha value is -2.11. The maximum Gasteiger partial charge on any atom is 0.309 e.